The van der Waals surface area contributed by atoms with Crippen LogP contribution in [0.4, 0.5) is 20.8 Å². The molecular weight excluding hydrogens is 1150 g/mol. The van der Waals surface area contributed by atoms with Crippen LogP contribution in [-0.2, 0) is 39.1 Å². The van der Waals surface area contributed by atoms with Gasteiger partial charge in [0.15, 0.2) is 11.6 Å². The maximum Gasteiger partial charge on any atom is 0.326 e. The Hall–Kier alpha value is -7.22. The first-order valence-electron chi connectivity index (χ1n) is 29.8. The average molecular weight is 1230 g/mol. The van der Waals surface area contributed by atoms with Gasteiger partial charge in [0.25, 0.3) is 5.91 Å². The number of aromatic nitrogens is 4. The number of carbonyl (C=O) groups is 2. The molecule has 22 heteroatoms. The molecule has 4 atom stereocenters. The fourth-order valence-electron chi connectivity index (χ4n) is 12.4. The molecule has 0 radical (unpaired) electrons. The van der Waals surface area contributed by atoms with Gasteiger partial charge in [-0.3, -0.25) is 29.2 Å². The molecule has 1 unspecified atom stereocenters. The maximum atomic E-state index is 15.6. The Morgan fingerprint density at radius 3 is 2.28 bits per heavy atom. The van der Waals surface area contributed by atoms with Crippen LogP contribution < -0.4 is 15.4 Å². The Morgan fingerprint density at radius 1 is 0.920 bits per heavy atom. The molecule has 87 heavy (non-hydrogen) atoms. The number of amides is 3. The summed E-state index contributed by atoms with van der Waals surface area (Å²) in [5.74, 6) is 0.990. The molecular formula is C65H78Cl2FN13O6. The Balaban J connectivity index is 0.728. The normalized spacial score (nSPS) is 20.2. The van der Waals surface area contributed by atoms with Crippen LogP contribution in [0.1, 0.15) is 116 Å². The number of ether oxygens (including phenoxy) is 3. The minimum Gasteiger partial charge on any atom is -0.493 e. The van der Waals surface area contributed by atoms with Crippen molar-refractivity contribution in [1.82, 2.24) is 44.2 Å². The zero-order chi connectivity index (χ0) is 62.0. The van der Waals surface area contributed by atoms with Crippen molar-refractivity contribution in [3.05, 3.63) is 152 Å². The molecule has 6 heterocycles. The Kier molecular flexibility index (Phi) is 18.9. The molecule has 0 spiro atoms. The molecule has 2 bridgehead atoms. The van der Waals surface area contributed by atoms with E-state index in [4.69, 9.17) is 58.2 Å². The number of nitrogen functional groups attached to an aromatic ring is 1. The van der Waals surface area contributed by atoms with Gasteiger partial charge in [-0.25, -0.2) is 19.2 Å². The van der Waals surface area contributed by atoms with Crippen molar-refractivity contribution >= 4 is 52.6 Å². The summed E-state index contributed by atoms with van der Waals surface area (Å²) in [6.07, 6.45) is 2.39. The molecule has 10 rings (SSSR count). The molecule has 0 saturated carbocycles. The topological polar surface area (TPSA) is 207 Å². The van der Waals surface area contributed by atoms with E-state index in [9.17, 15) is 19.6 Å². The first kappa shape index (κ1) is 62.8. The summed E-state index contributed by atoms with van der Waals surface area (Å²) >= 11 is 13.0. The van der Waals surface area contributed by atoms with Crippen molar-refractivity contribution in [2.45, 2.75) is 103 Å². The molecule has 2 saturated heterocycles. The van der Waals surface area contributed by atoms with Crippen molar-refractivity contribution < 1.29 is 33.3 Å². The number of piperazine rings is 1. The second-order valence-corrected chi connectivity index (χ2v) is 25.0. The number of anilines is 2. The molecule has 3 N–H and O–H groups in total. The molecule has 4 aliphatic rings. The Bertz CT molecular complexity index is 3550. The van der Waals surface area contributed by atoms with Gasteiger partial charge in [0.1, 0.15) is 46.5 Å². The number of amidine groups is 1. The number of likely N-dealkylation sites (N-methyl/N-ethyl adjacent to an activating group) is 1. The van der Waals surface area contributed by atoms with Crippen LogP contribution in [0.25, 0.3) is 11.3 Å². The molecule has 2 fully saturated rings. The van der Waals surface area contributed by atoms with Crippen LogP contribution in [0.3, 0.4) is 0 Å². The fraction of sp³-hybridized carbons (Fsp3) is 0.462. The van der Waals surface area contributed by atoms with Crippen molar-refractivity contribution in [1.29, 1.82) is 5.26 Å². The number of urea groups is 1. The lowest BCUT2D eigenvalue weighted by Crippen LogP contribution is -2.60. The van der Waals surface area contributed by atoms with E-state index in [1.54, 1.807) is 23.7 Å². The van der Waals surface area contributed by atoms with Crippen LogP contribution in [0.5, 0.6) is 5.75 Å². The predicted octanol–water partition coefficient (Wildman–Crippen LogP) is 9.87. The van der Waals surface area contributed by atoms with E-state index >= 15 is 4.79 Å². The number of carbonyl (C=O) groups excluding carboxylic acids is 2. The van der Waals surface area contributed by atoms with Crippen LogP contribution in [0.2, 0.25) is 10.0 Å². The number of aliphatic hydroxyl groups excluding tert-OH is 1. The predicted molar refractivity (Wildman–Crippen MR) is 334 cm³/mol. The van der Waals surface area contributed by atoms with Gasteiger partial charge < -0.3 is 39.8 Å². The third kappa shape index (κ3) is 12.8. The van der Waals surface area contributed by atoms with Gasteiger partial charge in [-0.1, -0.05) is 74.3 Å². The zero-order valence-corrected chi connectivity index (χ0v) is 52.4. The van der Waals surface area contributed by atoms with Gasteiger partial charge in [0.2, 0.25) is 0 Å². The second kappa shape index (κ2) is 26.2. The Morgan fingerprint density at radius 2 is 1.60 bits per heavy atom. The fourth-order valence-corrected chi connectivity index (χ4v) is 12.6. The van der Waals surface area contributed by atoms with E-state index in [1.807, 2.05) is 76.2 Å². The number of nitrogens with zero attached hydrogens (tertiary/aromatic N) is 12. The van der Waals surface area contributed by atoms with Crippen LogP contribution in [-0.4, -0.2) is 166 Å². The summed E-state index contributed by atoms with van der Waals surface area (Å²) in [4.78, 5) is 56.1. The molecule has 2 aromatic heterocycles. The molecule has 4 aliphatic heterocycles. The lowest BCUT2D eigenvalue weighted by atomic mass is 9.71. The smallest absolute Gasteiger partial charge is 0.326 e. The molecule has 4 aromatic carbocycles. The number of fused-ring (bicyclic) bond motifs is 8. The summed E-state index contributed by atoms with van der Waals surface area (Å²) in [5.41, 5.74) is 10.2. The van der Waals surface area contributed by atoms with Gasteiger partial charge in [0, 0.05) is 74.9 Å². The highest BCUT2D eigenvalue weighted by molar-refractivity contribution is 6.30. The quantitative estimate of drug-likeness (QED) is 0.0607. The highest BCUT2D eigenvalue weighted by Gasteiger charge is 2.60. The lowest BCUT2D eigenvalue weighted by Gasteiger charge is -2.47. The SMILES string of the molecule is CCOc1cc(C(C)(C)C)ccc1C1=N[C@@](C)(c2ccc(Cl)cc2)[C@@](C)(c2ccc(Cl)cc2)N1C(=O)N1CCN(CCOCCOCCC(O)N(C)CCn2nc3c(c2C#N)-c2cnc(N)c(n2)N2CCC[C@@H]2c2cc(F)ccc2C(=O)N(C)C3)CC1. The minimum atomic E-state index is -1.04. The number of rotatable bonds is 18. The van der Waals surface area contributed by atoms with Crippen LogP contribution >= 0.6 is 23.2 Å². The molecule has 6 aromatic rings. The molecule has 0 aliphatic carbocycles. The van der Waals surface area contributed by atoms with E-state index in [2.05, 4.69) is 62.7 Å². The average Bonchev–Trinajstić information content (AvgIpc) is 1.56. The number of halogens is 3. The number of aliphatic imine (C=N–C) groups is 1. The summed E-state index contributed by atoms with van der Waals surface area (Å²) < 4.78 is 34.7. The number of aliphatic hydroxyl groups is 1. The standard InChI is InChI=1S/C65H78Cl2FN13O6/c1-9-87-55-37-44(63(2,3)4)16-22-49(55)59-73-64(5,42-12-17-45(66)18-13-42)65(6,43-14-19-46(67)20-15-43)81(59)62(84)78-29-27-77(28-30-78)32-34-86-36-35-85-33-24-56(82)75(7)26-31-80-54(39-69)57-51-40-71-58(70)60(72-51)79-25-10-11-53(79)50-38-47(68)21-23-48(50)61(83)76(8)41-52(57)74-80/h12-23,37-38,40,53,56,82H,9-11,24-36,41H2,1-8H3,(H2,70,71)/t53-,56?,64+,65-/m1/s1. The van der Waals surface area contributed by atoms with E-state index < -0.39 is 23.1 Å². The van der Waals surface area contributed by atoms with Crippen molar-refractivity contribution in [3.63, 3.8) is 0 Å². The van der Waals surface area contributed by atoms with E-state index in [0.717, 1.165) is 28.7 Å². The summed E-state index contributed by atoms with van der Waals surface area (Å²) in [7, 11) is 3.44. The summed E-state index contributed by atoms with van der Waals surface area (Å²) in [5, 5.41) is 27.9. The number of nitriles is 1. The van der Waals surface area contributed by atoms with Gasteiger partial charge in [-0.15, -0.1) is 0 Å². The van der Waals surface area contributed by atoms with E-state index in [-0.39, 0.29) is 54.6 Å². The largest absolute Gasteiger partial charge is 0.493 e. The number of benzene rings is 4. The summed E-state index contributed by atoms with van der Waals surface area (Å²) in [6.45, 7) is 18.6. The summed E-state index contributed by atoms with van der Waals surface area (Å²) in [6, 6.07) is 27.6. The maximum absolute atomic E-state index is 15.6. The highest BCUT2D eigenvalue weighted by atomic mass is 35.5. The third-order valence-corrected chi connectivity index (χ3v) is 18.1. The molecule has 19 nitrogen and oxygen atoms in total. The van der Waals surface area contributed by atoms with Gasteiger partial charge in [-0.2, -0.15) is 10.4 Å². The van der Waals surface area contributed by atoms with Crippen LogP contribution in [0.15, 0.2) is 96.1 Å². The van der Waals surface area contributed by atoms with Gasteiger partial charge >= 0.3 is 6.03 Å². The van der Waals surface area contributed by atoms with Crippen molar-refractivity contribution in [3.8, 4) is 23.1 Å². The second-order valence-electron chi connectivity index (χ2n) is 24.1. The number of nitrogens with two attached hydrogens (primary N) is 1. The monoisotopic (exact) mass is 1230 g/mol. The van der Waals surface area contributed by atoms with Crippen molar-refractivity contribution in [2.75, 3.05) is 104 Å². The zero-order valence-electron chi connectivity index (χ0n) is 50.9. The third-order valence-electron chi connectivity index (χ3n) is 17.6. The highest BCUT2D eigenvalue weighted by Crippen LogP contribution is 2.54. The van der Waals surface area contributed by atoms with Gasteiger partial charge in [0.05, 0.1) is 80.9 Å². The van der Waals surface area contributed by atoms with E-state index in [0.29, 0.717) is 141 Å². The van der Waals surface area contributed by atoms with Crippen molar-refractivity contribution in [2.24, 2.45) is 4.99 Å². The number of hydrogen-bond acceptors (Lipinski definition) is 15. The van der Waals surface area contributed by atoms with Gasteiger partial charge in [-0.05, 0) is 123 Å². The van der Waals surface area contributed by atoms with E-state index in [1.165, 1.54) is 29.3 Å². The minimum absolute atomic E-state index is 0.0305. The number of hydrogen-bond donors (Lipinski definition) is 2. The lowest BCUT2D eigenvalue weighted by molar-refractivity contribution is -0.0201. The first-order chi connectivity index (χ1) is 41.6. The molecule has 460 valence electrons. The van der Waals surface area contributed by atoms with Crippen LogP contribution in [0, 0.1) is 17.1 Å². The Labute approximate surface area is 519 Å². The molecule has 3 amide bonds. The first-order valence-corrected chi connectivity index (χ1v) is 30.6.